The van der Waals surface area contributed by atoms with Crippen LogP contribution < -0.4 is 5.32 Å². The van der Waals surface area contributed by atoms with Crippen molar-refractivity contribution in [1.29, 1.82) is 0 Å². The fraction of sp³-hybridized carbons (Fsp3) is 0.125. The number of nitrogens with zero attached hydrogens (tertiary/aromatic N) is 2. The standard InChI is InChI=1S/C16H14BrN3O/c1-10-13(9-20(2)19-10)16(21)18-15-8-7-14(17)11-5-3-4-6-12(11)15/h3-9H,1-2H3,(H,18,21). The van der Waals surface area contributed by atoms with Crippen LogP contribution in [0.2, 0.25) is 0 Å². The molecule has 0 bridgehead atoms. The highest BCUT2D eigenvalue weighted by atomic mass is 79.9. The number of amides is 1. The van der Waals surface area contributed by atoms with Crippen LogP contribution in [0.3, 0.4) is 0 Å². The Kier molecular flexibility index (Phi) is 3.51. The first-order valence-electron chi connectivity index (χ1n) is 6.55. The van der Waals surface area contributed by atoms with Crippen molar-refractivity contribution >= 4 is 38.3 Å². The third-order valence-corrected chi connectivity index (χ3v) is 4.07. The average molecular weight is 344 g/mol. The summed E-state index contributed by atoms with van der Waals surface area (Å²) >= 11 is 3.53. The van der Waals surface area contributed by atoms with Gasteiger partial charge in [-0.2, -0.15) is 5.10 Å². The van der Waals surface area contributed by atoms with Crippen LogP contribution in [0.1, 0.15) is 16.1 Å². The van der Waals surface area contributed by atoms with Crippen molar-refractivity contribution in [3.63, 3.8) is 0 Å². The Morgan fingerprint density at radius 2 is 1.90 bits per heavy atom. The van der Waals surface area contributed by atoms with Crippen molar-refractivity contribution in [2.75, 3.05) is 5.32 Å². The van der Waals surface area contributed by atoms with Gasteiger partial charge in [0.15, 0.2) is 0 Å². The molecule has 0 aliphatic heterocycles. The Morgan fingerprint density at radius 3 is 2.57 bits per heavy atom. The summed E-state index contributed by atoms with van der Waals surface area (Å²) in [4.78, 5) is 12.4. The molecule has 0 radical (unpaired) electrons. The van der Waals surface area contributed by atoms with Gasteiger partial charge in [-0.15, -0.1) is 0 Å². The number of aryl methyl sites for hydroxylation is 2. The summed E-state index contributed by atoms with van der Waals surface area (Å²) in [6, 6.07) is 11.8. The molecule has 0 aliphatic carbocycles. The molecule has 0 saturated heterocycles. The molecule has 4 nitrogen and oxygen atoms in total. The summed E-state index contributed by atoms with van der Waals surface area (Å²) in [5.74, 6) is -0.145. The topological polar surface area (TPSA) is 46.9 Å². The number of rotatable bonds is 2. The van der Waals surface area contributed by atoms with Crippen LogP contribution in [-0.4, -0.2) is 15.7 Å². The van der Waals surface area contributed by atoms with Crippen LogP contribution in [0.5, 0.6) is 0 Å². The van der Waals surface area contributed by atoms with Crippen LogP contribution in [0, 0.1) is 6.92 Å². The number of aromatic nitrogens is 2. The molecule has 106 valence electrons. The van der Waals surface area contributed by atoms with Crippen molar-refractivity contribution in [3.8, 4) is 0 Å². The largest absolute Gasteiger partial charge is 0.321 e. The fourth-order valence-corrected chi connectivity index (χ4v) is 2.86. The second-order valence-electron chi connectivity index (χ2n) is 4.90. The number of anilines is 1. The first-order valence-corrected chi connectivity index (χ1v) is 7.34. The van der Waals surface area contributed by atoms with Crippen molar-refractivity contribution in [2.45, 2.75) is 6.92 Å². The monoisotopic (exact) mass is 343 g/mol. The van der Waals surface area contributed by atoms with Gasteiger partial charge in [0.05, 0.1) is 11.3 Å². The summed E-state index contributed by atoms with van der Waals surface area (Å²) in [5, 5.41) is 9.24. The Bertz CT molecular complexity index is 839. The molecule has 1 heterocycles. The number of benzene rings is 2. The molecule has 3 rings (SSSR count). The summed E-state index contributed by atoms with van der Waals surface area (Å²) in [7, 11) is 1.80. The van der Waals surface area contributed by atoms with Gasteiger partial charge in [-0.25, -0.2) is 0 Å². The first kappa shape index (κ1) is 13.8. The second kappa shape index (κ2) is 5.33. The van der Waals surface area contributed by atoms with Crippen molar-refractivity contribution in [1.82, 2.24) is 9.78 Å². The molecule has 2 aromatic carbocycles. The lowest BCUT2D eigenvalue weighted by atomic mass is 10.1. The average Bonchev–Trinajstić information content (AvgIpc) is 2.81. The molecule has 1 N–H and O–H groups in total. The zero-order valence-electron chi connectivity index (χ0n) is 11.7. The number of nitrogens with one attached hydrogen (secondary N) is 1. The molecule has 5 heteroatoms. The molecule has 0 spiro atoms. The summed E-state index contributed by atoms with van der Waals surface area (Å²) < 4.78 is 2.65. The van der Waals surface area contributed by atoms with E-state index in [-0.39, 0.29) is 5.91 Å². The Labute approximate surface area is 130 Å². The van der Waals surface area contributed by atoms with E-state index in [1.165, 1.54) is 0 Å². The van der Waals surface area contributed by atoms with Crippen LogP contribution in [0.15, 0.2) is 47.1 Å². The second-order valence-corrected chi connectivity index (χ2v) is 5.75. The van der Waals surface area contributed by atoms with E-state index in [2.05, 4.69) is 26.3 Å². The van der Waals surface area contributed by atoms with Crippen LogP contribution in [0.25, 0.3) is 10.8 Å². The Hall–Kier alpha value is -2.14. The zero-order chi connectivity index (χ0) is 15.0. The van der Waals surface area contributed by atoms with E-state index in [4.69, 9.17) is 0 Å². The smallest absolute Gasteiger partial charge is 0.259 e. The number of hydrogen-bond donors (Lipinski definition) is 1. The van der Waals surface area contributed by atoms with Gasteiger partial charge >= 0.3 is 0 Å². The van der Waals surface area contributed by atoms with Crippen LogP contribution >= 0.6 is 15.9 Å². The van der Waals surface area contributed by atoms with Crippen molar-refractivity contribution in [2.24, 2.45) is 7.05 Å². The van der Waals surface area contributed by atoms with E-state index < -0.39 is 0 Å². The predicted octanol–water partition coefficient (Wildman–Crippen LogP) is 3.90. The van der Waals surface area contributed by atoms with E-state index in [1.807, 2.05) is 43.3 Å². The number of halogens is 1. The number of hydrogen-bond acceptors (Lipinski definition) is 2. The van der Waals surface area contributed by atoms with Gasteiger partial charge in [-0.3, -0.25) is 9.48 Å². The van der Waals surface area contributed by atoms with Crippen molar-refractivity contribution < 1.29 is 4.79 Å². The number of carbonyl (C=O) groups is 1. The predicted molar refractivity (Wildman–Crippen MR) is 87.5 cm³/mol. The fourth-order valence-electron chi connectivity index (χ4n) is 2.38. The first-order chi connectivity index (χ1) is 10.1. The van der Waals surface area contributed by atoms with E-state index in [0.717, 1.165) is 26.6 Å². The quantitative estimate of drug-likeness (QED) is 0.767. The van der Waals surface area contributed by atoms with Gasteiger partial charge < -0.3 is 5.32 Å². The minimum Gasteiger partial charge on any atom is -0.321 e. The lowest BCUT2D eigenvalue weighted by molar-refractivity contribution is 0.102. The molecule has 0 aliphatic rings. The normalized spacial score (nSPS) is 10.8. The molecule has 1 amide bonds. The van der Waals surface area contributed by atoms with Gasteiger partial charge in [0.25, 0.3) is 5.91 Å². The van der Waals surface area contributed by atoms with E-state index in [9.17, 15) is 4.79 Å². The number of fused-ring (bicyclic) bond motifs is 1. The highest BCUT2D eigenvalue weighted by molar-refractivity contribution is 9.10. The van der Waals surface area contributed by atoms with Gasteiger partial charge in [-0.1, -0.05) is 40.2 Å². The van der Waals surface area contributed by atoms with E-state index >= 15 is 0 Å². The molecule has 0 atom stereocenters. The summed E-state index contributed by atoms with van der Waals surface area (Å²) in [5.41, 5.74) is 2.10. The Morgan fingerprint density at radius 1 is 1.19 bits per heavy atom. The van der Waals surface area contributed by atoms with Crippen LogP contribution in [0.4, 0.5) is 5.69 Å². The van der Waals surface area contributed by atoms with E-state index in [1.54, 1.807) is 17.9 Å². The summed E-state index contributed by atoms with van der Waals surface area (Å²) in [6.45, 7) is 1.83. The molecule has 0 saturated carbocycles. The highest BCUT2D eigenvalue weighted by Gasteiger charge is 2.14. The maximum absolute atomic E-state index is 12.4. The highest BCUT2D eigenvalue weighted by Crippen LogP contribution is 2.30. The summed E-state index contributed by atoms with van der Waals surface area (Å²) in [6.07, 6.45) is 1.73. The molecule has 3 aromatic rings. The van der Waals surface area contributed by atoms with Gasteiger partial charge in [0.2, 0.25) is 0 Å². The third-order valence-electron chi connectivity index (χ3n) is 3.38. The van der Waals surface area contributed by atoms with E-state index in [0.29, 0.717) is 5.56 Å². The molecular weight excluding hydrogens is 330 g/mol. The minimum absolute atomic E-state index is 0.145. The maximum Gasteiger partial charge on any atom is 0.259 e. The molecule has 0 fully saturated rings. The van der Waals surface area contributed by atoms with Gasteiger partial charge in [-0.05, 0) is 24.4 Å². The van der Waals surface area contributed by atoms with Gasteiger partial charge in [0, 0.05) is 28.8 Å². The maximum atomic E-state index is 12.4. The molecule has 1 aromatic heterocycles. The number of carbonyl (C=O) groups excluding carboxylic acids is 1. The Balaban J connectivity index is 2.01. The SMILES string of the molecule is Cc1nn(C)cc1C(=O)Nc1ccc(Br)c2ccccc12. The molecule has 0 unspecified atom stereocenters. The lowest BCUT2D eigenvalue weighted by Gasteiger charge is -2.09. The third kappa shape index (κ3) is 2.56. The molecular formula is C16H14BrN3O. The minimum atomic E-state index is -0.145. The lowest BCUT2D eigenvalue weighted by Crippen LogP contribution is -2.12. The zero-order valence-corrected chi connectivity index (χ0v) is 13.3. The van der Waals surface area contributed by atoms with Crippen LogP contribution in [-0.2, 0) is 7.05 Å². The van der Waals surface area contributed by atoms with Crippen molar-refractivity contribution in [3.05, 3.63) is 58.3 Å². The van der Waals surface area contributed by atoms with Gasteiger partial charge in [0.1, 0.15) is 0 Å². The molecule has 21 heavy (non-hydrogen) atoms.